The molecule has 8 heteroatoms. The van der Waals surface area contributed by atoms with Gasteiger partial charge in [-0.1, -0.05) is 18.2 Å². The maximum Gasteiger partial charge on any atom is 0.262 e. The number of rotatable bonds is 4. The third kappa shape index (κ3) is 3.01. The van der Waals surface area contributed by atoms with Crippen LogP contribution in [0, 0.1) is 0 Å². The van der Waals surface area contributed by atoms with Crippen molar-refractivity contribution in [2.45, 2.75) is 25.7 Å². The van der Waals surface area contributed by atoms with Crippen LogP contribution in [-0.2, 0) is 11.3 Å². The smallest absolute Gasteiger partial charge is 0.262 e. The Morgan fingerprint density at radius 2 is 1.79 bits per heavy atom. The van der Waals surface area contributed by atoms with E-state index in [2.05, 4.69) is 4.98 Å². The van der Waals surface area contributed by atoms with Gasteiger partial charge < -0.3 is 19.5 Å². The zero-order valence-corrected chi connectivity index (χ0v) is 16.3. The Kier molecular flexibility index (Phi) is 4.71. The van der Waals surface area contributed by atoms with E-state index < -0.39 is 12.3 Å². The number of aliphatic hydroxyl groups excluding tert-OH is 1. The van der Waals surface area contributed by atoms with E-state index in [-0.39, 0.29) is 23.8 Å². The normalized spacial score (nSPS) is 18.6. The molecule has 2 heterocycles. The van der Waals surface area contributed by atoms with Crippen molar-refractivity contribution >= 4 is 16.8 Å². The topological polar surface area (TPSA) is 93.9 Å². The van der Waals surface area contributed by atoms with Crippen molar-refractivity contribution in [2.24, 2.45) is 0 Å². The molecule has 3 aromatic rings. The second kappa shape index (κ2) is 7.21. The summed E-state index contributed by atoms with van der Waals surface area (Å²) in [6, 6.07) is 11.4. The highest BCUT2D eigenvalue weighted by Gasteiger charge is 2.38. The summed E-state index contributed by atoms with van der Waals surface area (Å²) in [5.41, 5.74) is 0.894. The molecule has 1 aliphatic rings. The van der Waals surface area contributed by atoms with Gasteiger partial charge in [-0.05, 0) is 36.8 Å². The molecule has 2 atom stereocenters. The van der Waals surface area contributed by atoms with Crippen LogP contribution in [0.1, 0.15) is 30.6 Å². The number of fused-ring (bicyclic) bond motifs is 2. The Balaban J connectivity index is 1.77. The predicted molar refractivity (Wildman–Crippen MR) is 106 cm³/mol. The summed E-state index contributed by atoms with van der Waals surface area (Å²) in [5, 5.41) is 11.3. The molecule has 0 radical (unpaired) electrons. The van der Waals surface area contributed by atoms with Crippen LogP contribution in [0.25, 0.3) is 10.9 Å². The van der Waals surface area contributed by atoms with Gasteiger partial charge in [-0.15, -0.1) is 0 Å². The number of carbonyl (C=O) groups is 1. The van der Waals surface area contributed by atoms with Gasteiger partial charge in [0.25, 0.3) is 5.56 Å². The number of hydrogen-bond donors (Lipinski definition) is 1. The van der Waals surface area contributed by atoms with Crippen molar-refractivity contribution in [1.82, 2.24) is 14.5 Å². The number of hydrogen-bond acceptors (Lipinski definition) is 6. The predicted octanol–water partition coefficient (Wildman–Crippen LogP) is 2.01. The highest BCUT2D eigenvalue weighted by Crippen LogP contribution is 2.32. The maximum absolute atomic E-state index is 13.0. The standard InChI is InChI=1S/C21H21N3O5/c1-12-19(25)23(11-13-8-9-16(28-2)17(10-13)29-3)21(27)18-22-15-7-5-4-6-14(15)20(26)24(12)18/h4-10,12,21,27H,11H2,1-3H3/t12-,21+/m0/s1. The molecule has 0 unspecified atom stereocenters. The van der Waals surface area contributed by atoms with Gasteiger partial charge in [0.2, 0.25) is 5.91 Å². The van der Waals surface area contributed by atoms with Crippen LogP contribution < -0.4 is 15.0 Å². The molecule has 1 aliphatic heterocycles. The molecule has 0 bridgehead atoms. The second-order valence-corrected chi connectivity index (χ2v) is 6.87. The van der Waals surface area contributed by atoms with E-state index in [1.54, 1.807) is 56.5 Å². The minimum absolute atomic E-state index is 0.132. The van der Waals surface area contributed by atoms with E-state index >= 15 is 0 Å². The van der Waals surface area contributed by atoms with E-state index in [4.69, 9.17) is 9.47 Å². The maximum atomic E-state index is 13.0. The van der Waals surface area contributed by atoms with E-state index in [1.165, 1.54) is 16.6 Å². The molecule has 4 rings (SSSR count). The molecule has 1 N–H and O–H groups in total. The van der Waals surface area contributed by atoms with Gasteiger partial charge in [0.1, 0.15) is 6.04 Å². The molecule has 150 valence electrons. The first-order valence-corrected chi connectivity index (χ1v) is 9.17. The molecule has 8 nitrogen and oxygen atoms in total. The Labute approximate surface area is 166 Å². The zero-order valence-electron chi connectivity index (χ0n) is 16.3. The lowest BCUT2D eigenvalue weighted by atomic mass is 10.1. The Morgan fingerprint density at radius 1 is 1.07 bits per heavy atom. The summed E-state index contributed by atoms with van der Waals surface area (Å²) < 4.78 is 11.8. The minimum atomic E-state index is -1.34. The molecule has 29 heavy (non-hydrogen) atoms. The fourth-order valence-corrected chi connectivity index (χ4v) is 3.67. The highest BCUT2D eigenvalue weighted by molar-refractivity contribution is 5.83. The van der Waals surface area contributed by atoms with Gasteiger partial charge >= 0.3 is 0 Å². The Bertz CT molecular complexity index is 1160. The van der Waals surface area contributed by atoms with E-state index in [0.717, 1.165) is 5.56 Å². The SMILES string of the molecule is COc1ccc(CN2C(=O)[C@H](C)n3c(nc4ccccc4c3=O)[C@H]2O)cc1OC. The summed E-state index contributed by atoms with van der Waals surface area (Å²) in [6.45, 7) is 1.77. The average molecular weight is 395 g/mol. The Hall–Kier alpha value is -3.39. The van der Waals surface area contributed by atoms with E-state index in [9.17, 15) is 14.7 Å². The summed E-state index contributed by atoms with van der Waals surface area (Å²) in [4.78, 5) is 31.7. The number of nitrogens with zero attached hydrogens (tertiary/aromatic N) is 3. The summed E-state index contributed by atoms with van der Waals surface area (Å²) in [7, 11) is 3.07. The molecular formula is C21H21N3O5. The van der Waals surface area contributed by atoms with Crippen LogP contribution in [0.2, 0.25) is 0 Å². The second-order valence-electron chi connectivity index (χ2n) is 6.87. The van der Waals surface area contributed by atoms with Gasteiger partial charge in [-0.3, -0.25) is 14.2 Å². The number of ether oxygens (including phenoxy) is 2. The fraction of sp³-hybridized carbons (Fsp3) is 0.286. The van der Waals surface area contributed by atoms with Crippen molar-refractivity contribution in [3.05, 3.63) is 64.2 Å². The van der Waals surface area contributed by atoms with Crippen LogP contribution in [0.4, 0.5) is 0 Å². The summed E-state index contributed by atoms with van der Waals surface area (Å²) in [6.07, 6.45) is -1.34. The van der Waals surface area contributed by atoms with E-state index in [1.807, 2.05) is 0 Å². The molecule has 1 amide bonds. The molecule has 0 spiro atoms. The van der Waals surface area contributed by atoms with Crippen LogP contribution in [0.15, 0.2) is 47.3 Å². The zero-order chi connectivity index (χ0) is 20.7. The molecule has 0 fully saturated rings. The van der Waals surface area contributed by atoms with Crippen molar-refractivity contribution in [3.63, 3.8) is 0 Å². The number of amides is 1. The van der Waals surface area contributed by atoms with Gasteiger partial charge in [0, 0.05) is 6.54 Å². The van der Waals surface area contributed by atoms with E-state index in [0.29, 0.717) is 22.4 Å². The highest BCUT2D eigenvalue weighted by atomic mass is 16.5. The van der Waals surface area contributed by atoms with Gasteiger partial charge in [-0.25, -0.2) is 4.98 Å². The van der Waals surface area contributed by atoms with Gasteiger partial charge in [-0.2, -0.15) is 0 Å². The number of carbonyl (C=O) groups excluding carboxylic acids is 1. The van der Waals surface area contributed by atoms with Gasteiger partial charge in [0.05, 0.1) is 25.1 Å². The molecule has 1 aromatic heterocycles. The largest absolute Gasteiger partial charge is 0.493 e. The number of aromatic nitrogens is 2. The lowest BCUT2D eigenvalue weighted by Gasteiger charge is -2.37. The summed E-state index contributed by atoms with van der Waals surface area (Å²) >= 11 is 0. The molecule has 2 aromatic carbocycles. The first-order valence-electron chi connectivity index (χ1n) is 9.17. The van der Waals surface area contributed by atoms with Crippen molar-refractivity contribution < 1.29 is 19.4 Å². The minimum Gasteiger partial charge on any atom is -0.493 e. The number of para-hydroxylation sites is 1. The quantitative estimate of drug-likeness (QED) is 0.726. The molecular weight excluding hydrogens is 374 g/mol. The van der Waals surface area contributed by atoms with Gasteiger partial charge in [0.15, 0.2) is 23.6 Å². The fourth-order valence-electron chi connectivity index (χ4n) is 3.67. The monoisotopic (exact) mass is 395 g/mol. The lowest BCUT2D eigenvalue weighted by molar-refractivity contribution is -0.151. The lowest BCUT2D eigenvalue weighted by Crippen LogP contribution is -2.49. The average Bonchev–Trinajstić information content (AvgIpc) is 2.75. The molecule has 0 saturated carbocycles. The van der Waals surface area contributed by atoms with Crippen LogP contribution in [0.5, 0.6) is 11.5 Å². The molecule has 0 aliphatic carbocycles. The number of aliphatic hydroxyl groups is 1. The molecule has 0 saturated heterocycles. The Morgan fingerprint density at radius 3 is 2.52 bits per heavy atom. The number of methoxy groups -OCH3 is 2. The summed E-state index contributed by atoms with van der Waals surface area (Å²) in [5.74, 6) is 0.887. The first-order chi connectivity index (χ1) is 14.0. The van der Waals surface area contributed by atoms with Crippen LogP contribution in [0.3, 0.4) is 0 Å². The van der Waals surface area contributed by atoms with Crippen LogP contribution in [-0.4, -0.2) is 39.7 Å². The number of benzene rings is 2. The van der Waals surface area contributed by atoms with Crippen molar-refractivity contribution in [3.8, 4) is 11.5 Å². The van der Waals surface area contributed by atoms with Crippen molar-refractivity contribution in [1.29, 1.82) is 0 Å². The first kappa shape index (κ1) is 18.9. The third-order valence-corrected chi connectivity index (χ3v) is 5.19. The van der Waals surface area contributed by atoms with Crippen molar-refractivity contribution in [2.75, 3.05) is 14.2 Å². The third-order valence-electron chi connectivity index (χ3n) is 5.19. The van der Waals surface area contributed by atoms with Crippen LogP contribution >= 0.6 is 0 Å².